The van der Waals surface area contributed by atoms with Crippen LogP contribution in [0.1, 0.15) is 5.56 Å². The van der Waals surface area contributed by atoms with Gasteiger partial charge in [-0.25, -0.2) is 9.97 Å². The van der Waals surface area contributed by atoms with Crippen LogP contribution >= 0.6 is 11.8 Å². The monoisotopic (exact) mass is 389 g/mol. The van der Waals surface area contributed by atoms with Crippen LogP contribution in [-0.2, 0) is 6.54 Å². The fraction of sp³-hybridized carbons (Fsp3) is 0.0500. The van der Waals surface area contributed by atoms with Crippen LogP contribution < -0.4 is 5.32 Å². The van der Waals surface area contributed by atoms with E-state index < -0.39 is 4.92 Å². The average Bonchev–Trinajstić information content (AvgIpc) is 2.73. The normalized spacial score (nSPS) is 10.7. The van der Waals surface area contributed by atoms with E-state index in [0.29, 0.717) is 6.54 Å². The van der Waals surface area contributed by atoms with Crippen molar-refractivity contribution in [1.82, 2.24) is 15.0 Å². The highest BCUT2D eigenvalue weighted by Crippen LogP contribution is 2.38. The number of para-hydroxylation sites is 1. The Labute approximate surface area is 165 Å². The van der Waals surface area contributed by atoms with Crippen LogP contribution in [0.4, 0.5) is 11.5 Å². The van der Waals surface area contributed by atoms with Crippen molar-refractivity contribution < 1.29 is 4.92 Å². The summed E-state index contributed by atoms with van der Waals surface area (Å²) in [5.41, 5.74) is 1.64. The van der Waals surface area contributed by atoms with Crippen molar-refractivity contribution in [2.45, 2.75) is 16.5 Å². The van der Waals surface area contributed by atoms with Crippen molar-refractivity contribution in [3.63, 3.8) is 0 Å². The Morgan fingerprint density at radius 2 is 1.79 bits per heavy atom. The fourth-order valence-electron chi connectivity index (χ4n) is 2.78. The van der Waals surface area contributed by atoms with Gasteiger partial charge in [0.05, 0.1) is 10.4 Å². The first-order valence-electron chi connectivity index (χ1n) is 8.51. The van der Waals surface area contributed by atoms with Gasteiger partial charge in [0.15, 0.2) is 5.03 Å². The minimum atomic E-state index is -0.450. The summed E-state index contributed by atoms with van der Waals surface area (Å²) < 4.78 is 0. The molecule has 7 nitrogen and oxygen atoms in total. The molecule has 2 aromatic heterocycles. The van der Waals surface area contributed by atoms with Crippen LogP contribution in [0.15, 0.2) is 83.1 Å². The number of anilines is 1. The SMILES string of the molecule is O=[N+]([O-])c1c(NCc2ccccc2)ncnc1Sc1cccc2cccnc12. The number of hydrogen-bond acceptors (Lipinski definition) is 7. The summed E-state index contributed by atoms with van der Waals surface area (Å²) >= 11 is 1.21. The van der Waals surface area contributed by atoms with Crippen molar-refractivity contribution in [3.05, 3.63) is 88.9 Å². The van der Waals surface area contributed by atoms with Crippen LogP contribution in [0, 0.1) is 10.1 Å². The molecular formula is C20H15N5O2S. The molecule has 0 amide bonds. The molecule has 0 bridgehead atoms. The molecule has 0 aliphatic rings. The van der Waals surface area contributed by atoms with Crippen LogP contribution in [-0.4, -0.2) is 19.9 Å². The van der Waals surface area contributed by atoms with Crippen molar-refractivity contribution in [3.8, 4) is 0 Å². The second-order valence-corrected chi connectivity index (χ2v) is 6.94. The predicted molar refractivity (Wildman–Crippen MR) is 108 cm³/mol. The van der Waals surface area contributed by atoms with Gasteiger partial charge in [0, 0.05) is 23.0 Å². The van der Waals surface area contributed by atoms with Gasteiger partial charge in [-0.1, -0.05) is 60.3 Å². The number of nitrogens with zero attached hydrogens (tertiary/aromatic N) is 4. The highest BCUT2D eigenvalue weighted by Gasteiger charge is 2.24. The van der Waals surface area contributed by atoms with Crippen LogP contribution in [0.3, 0.4) is 0 Å². The highest BCUT2D eigenvalue weighted by molar-refractivity contribution is 7.99. The lowest BCUT2D eigenvalue weighted by atomic mass is 10.2. The molecule has 4 rings (SSSR count). The molecule has 2 heterocycles. The van der Waals surface area contributed by atoms with E-state index >= 15 is 0 Å². The summed E-state index contributed by atoms with van der Waals surface area (Å²) in [6, 6.07) is 19.2. The summed E-state index contributed by atoms with van der Waals surface area (Å²) in [4.78, 5) is 24.8. The highest BCUT2D eigenvalue weighted by atomic mass is 32.2. The minimum absolute atomic E-state index is 0.142. The van der Waals surface area contributed by atoms with E-state index in [-0.39, 0.29) is 16.5 Å². The summed E-state index contributed by atoms with van der Waals surface area (Å²) in [7, 11) is 0. The molecule has 0 saturated carbocycles. The van der Waals surface area contributed by atoms with E-state index in [9.17, 15) is 10.1 Å². The number of nitrogens with one attached hydrogen (secondary N) is 1. The smallest absolute Gasteiger partial charge is 0.343 e. The third-order valence-corrected chi connectivity index (χ3v) is 5.12. The summed E-state index contributed by atoms with van der Waals surface area (Å²) in [6.07, 6.45) is 3.04. The van der Waals surface area contributed by atoms with Crippen LogP contribution in [0.5, 0.6) is 0 Å². The number of benzene rings is 2. The lowest BCUT2D eigenvalue weighted by Crippen LogP contribution is -2.06. The molecule has 4 aromatic rings. The maximum absolute atomic E-state index is 11.8. The summed E-state index contributed by atoms with van der Waals surface area (Å²) in [5.74, 6) is 0.194. The van der Waals surface area contributed by atoms with E-state index in [1.807, 2.05) is 60.7 Å². The largest absolute Gasteiger partial charge is 0.360 e. The van der Waals surface area contributed by atoms with Crippen molar-refractivity contribution >= 4 is 34.2 Å². The van der Waals surface area contributed by atoms with E-state index in [0.717, 1.165) is 21.4 Å². The van der Waals surface area contributed by atoms with Crippen molar-refractivity contribution in [2.24, 2.45) is 0 Å². The van der Waals surface area contributed by atoms with Gasteiger partial charge in [0.25, 0.3) is 0 Å². The number of pyridine rings is 1. The standard InChI is InChI=1S/C20H15N5O2S/c26-25(27)18-19(22-12-14-6-2-1-3-7-14)23-13-24-20(18)28-16-10-4-8-15-9-5-11-21-17(15)16/h1-11,13H,12H2,(H,22,23,24). The number of aromatic nitrogens is 3. The zero-order valence-corrected chi connectivity index (χ0v) is 15.5. The zero-order chi connectivity index (χ0) is 19.3. The zero-order valence-electron chi connectivity index (χ0n) is 14.6. The van der Waals surface area contributed by atoms with Gasteiger partial charge in [0.1, 0.15) is 6.33 Å². The Hall–Kier alpha value is -3.52. The molecule has 0 atom stereocenters. The molecule has 0 radical (unpaired) electrons. The molecule has 28 heavy (non-hydrogen) atoms. The van der Waals surface area contributed by atoms with Gasteiger partial charge in [-0.2, -0.15) is 0 Å². The van der Waals surface area contributed by atoms with Gasteiger partial charge in [0.2, 0.25) is 5.82 Å². The first-order chi connectivity index (χ1) is 13.7. The Kier molecular flexibility index (Phi) is 5.11. The van der Waals surface area contributed by atoms with Crippen LogP contribution in [0.2, 0.25) is 0 Å². The number of nitro groups is 1. The Morgan fingerprint density at radius 1 is 0.964 bits per heavy atom. The van der Waals surface area contributed by atoms with Gasteiger partial charge in [-0.15, -0.1) is 0 Å². The predicted octanol–water partition coefficient (Wildman–Crippen LogP) is 4.70. The topological polar surface area (TPSA) is 93.8 Å². The molecule has 0 unspecified atom stereocenters. The Balaban J connectivity index is 1.68. The number of hydrogen-bond donors (Lipinski definition) is 1. The molecule has 0 saturated heterocycles. The molecular weight excluding hydrogens is 374 g/mol. The number of fused-ring (bicyclic) bond motifs is 1. The molecule has 0 fully saturated rings. The average molecular weight is 389 g/mol. The first-order valence-corrected chi connectivity index (χ1v) is 9.33. The maximum atomic E-state index is 11.8. The maximum Gasteiger partial charge on any atom is 0.343 e. The van der Waals surface area contributed by atoms with Gasteiger partial charge >= 0.3 is 5.69 Å². The number of rotatable bonds is 6. The van der Waals surface area contributed by atoms with E-state index in [4.69, 9.17) is 0 Å². The third-order valence-electron chi connectivity index (χ3n) is 4.08. The Bertz CT molecular complexity index is 1130. The van der Waals surface area contributed by atoms with Gasteiger partial charge in [-0.3, -0.25) is 15.1 Å². The second kappa shape index (κ2) is 8.01. The third kappa shape index (κ3) is 3.77. The lowest BCUT2D eigenvalue weighted by Gasteiger charge is -2.09. The lowest BCUT2D eigenvalue weighted by molar-refractivity contribution is -0.387. The molecule has 0 spiro atoms. The van der Waals surface area contributed by atoms with E-state index in [2.05, 4.69) is 20.3 Å². The van der Waals surface area contributed by atoms with E-state index in [1.54, 1.807) is 6.20 Å². The minimum Gasteiger partial charge on any atom is -0.360 e. The van der Waals surface area contributed by atoms with Crippen molar-refractivity contribution in [1.29, 1.82) is 0 Å². The quantitative estimate of drug-likeness (QED) is 0.290. The van der Waals surface area contributed by atoms with Crippen LogP contribution in [0.25, 0.3) is 10.9 Å². The molecule has 2 aromatic carbocycles. The molecule has 0 aliphatic carbocycles. The molecule has 1 N–H and O–H groups in total. The van der Waals surface area contributed by atoms with E-state index in [1.165, 1.54) is 18.1 Å². The first kappa shape index (κ1) is 17.9. The van der Waals surface area contributed by atoms with Gasteiger partial charge in [-0.05, 0) is 17.7 Å². The molecule has 0 aliphatic heterocycles. The molecule has 138 valence electrons. The summed E-state index contributed by atoms with van der Waals surface area (Å²) in [5, 5.41) is 16.1. The molecule has 8 heteroatoms. The Morgan fingerprint density at radius 3 is 2.61 bits per heavy atom. The summed E-state index contributed by atoms with van der Waals surface area (Å²) in [6.45, 7) is 0.429. The van der Waals surface area contributed by atoms with Gasteiger partial charge < -0.3 is 5.32 Å². The van der Waals surface area contributed by atoms with Crippen molar-refractivity contribution in [2.75, 3.05) is 5.32 Å². The fourth-order valence-corrected chi connectivity index (χ4v) is 3.77. The second-order valence-electron chi connectivity index (χ2n) is 5.91.